The van der Waals surface area contributed by atoms with E-state index in [4.69, 9.17) is 5.11 Å². The number of aliphatic carboxylic acids is 1. The molecule has 0 spiro atoms. The van der Waals surface area contributed by atoms with Gasteiger partial charge in [0, 0.05) is 38.3 Å². The van der Waals surface area contributed by atoms with Crippen molar-refractivity contribution in [1.82, 2.24) is 15.1 Å². The summed E-state index contributed by atoms with van der Waals surface area (Å²) < 4.78 is 0. The molecule has 1 saturated heterocycles. The molecular weight excluding hydrogens is 206 g/mol. The van der Waals surface area contributed by atoms with Gasteiger partial charge in [0.15, 0.2) is 0 Å². The van der Waals surface area contributed by atoms with Crippen LogP contribution in [0.5, 0.6) is 0 Å². The highest BCUT2D eigenvalue weighted by Crippen LogP contribution is 2.08. The number of carboxylic acids is 1. The maximum Gasteiger partial charge on any atom is 0.304 e. The minimum Gasteiger partial charge on any atom is -0.481 e. The molecule has 0 aromatic carbocycles. The molecule has 0 aromatic heterocycles. The van der Waals surface area contributed by atoms with Crippen LogP contribution < -0.4 is 5.32 Å². The van der Waals surface area contributed by atoms with E-state index in [1.54, 1.807) is 0 Å². The van der Waals surface area contributed by atoms with Crippen LogP contribution in [0.1, 0.15) is 13.3 Å². The molecule has 0 radical (unpaired) electrons. The fourth-order valence-corrected chi connectivity index (χ4v) is 1.98. The first-order valence-electron chi connectivity index (χ1n) is 5.83. The largest absolute Gasteiger partial charge is 0.481 e. The number of nitrogens with one attached hydrogen (secondary N) is 1. The Balaban J connectivity index is 2.38. The van der Waals surface area contributed by atoms with Gasteiger partial charge in [0.05, 0.1) is 6.42 Å². The highest BCUT2D eigenvalue weighted by atomic mass is 16.4. The van der Waals surface area contributed by atoms with E-state index in [1.165, 1.54) is 0 Å². The number of likely N-dealkylation sites (N-methyl/N-ethyl adjacent to an activating group) is 1. The van der Waals surface area contributed by atoms with E-state index in [0.29, 0.717) is 6.04 Å². The predicted molar refractivity (Wildman–Crippen MR) is 63.6 cm³/mol. The summed E-state index contributed by atoms with van der Waals surface area (Å²) in [5.41, 5.74) is 0. The zero-order valence-electron chi connectivity index (χ0n) is 10.4. The van der Waals surface area contributed by atoms with E-state index in [9.17, 15) is 4.79 Å². The third kappa shape index (κ3) is 4.47. The van der Waals surface area contributed by atoms with Crippen molar-refractivity contribution in [2.45, 2.75) is 25.4 Å². The summed E-state index contributed by atoms with van der Waals surface area (Å²) in [6.07, 6.45) is 0.213. The Bertz CT molecular complexity index is 233. The molecule has 2 atom stereocenters. The normalized spacial score (nSPS) is 27.2. The molecule has 0 aromatic rings. The molecule has 1 aliphatic heterocycles. The average molecular weight is 229 g/mol. The lowest BCUT2D eigenvalue weighted by Gasteiger charge is -2.38. The fourth-order valence-electron chi connectivity index (χ4n) is 1.98. The summed E-state index contributed by atoms with van der Waals surface area (Å²) in [7, 11) is 4.11. The molecule has 1 fully saturated rings. The highest BCUT2D eigenvalue weighted by molar-refractivity contribution is 5.67. The number of carbonyl (C=O) groups is 1. The van der Waals surface area contributed by atoms with Gasteiger partial charge in [0.2, 0.25) is 0 Å². The van der Waals surface area contributed by atoms with Crippen LogP contribution in [-0.4, -0.2) is 73.2 Å². The molecule has 0 saturated carbocycles. The van der Waals surface area contributed by atoms with Crippen molar-refractivity contribution in [3.8, 4) is 0 Å². The average Bonchev–Trinajstić information content (AvgIpc) is 2.18. The third-order valence-electron chi connectivity index (χ3n) is 3.04. The van der Waals surface area contributed by atoms with Gasteiger partial charge in [0.1, 0.15) is 0 Å². The summed E-state index contributed by atoms with van der Waals surface area (Å²) >= 11 is 0. The van der Waals surface area contributed by atoms with E-state index in [2.05, 4.69) is 36.1 Å². The molecule has 5 heteroatoms. The Morgan fingerprint density at radius 3 is 2.81 bits per heavy atom. The monoisotopic (exact) mass is 229 g/mol. The fraction of sp³-hybridized carbons (Fsp3) is 0.909. The van der Waals surface area contributed by atoms with Crippen molar-refractivity contribution in [2.24, 2.45) is 0 Å². The van der Waals surface area contributed by atoms with Gasteiger partial charge in [-0.2, -0.15) is 0 Å². The van der Waals surface area contributed by atoms with Crippen LogP contribution in [-0.2, 0) is 4.79 Å². The molecule has 5 nitrogen and oxygen atoms in total. The van der Waals surface area contributed by atoms with Gasteiger partial charge in [-0.3, -0.25) is 9.69 Å². The number of piperazine rings is 1. The Morgan fingerprint density at radius 1 is 1.56 bits per heavy atom. The number of carboxylic acid groups (broad SMARTS) is 1. The molecule has 0 bridgehead atoms. The first-order valence-corrected chi connectivity index (χ1v) is 5.83. The van der Waals surface area contributed by atoms with E-state index in [1.807, 2.05) is 0 Å². The van der Waals surface area contributed by atoms with Crippen LogP contribution >= 0.6 is 0 Å². The van der Waals surface area contributed by atoms with Crippen molar-refractivity contribution in [1.29, 1.82) is 0 Å². The first kappa shape index (κ1) is 13.4. The van der Waals surface area contributed by atoms with Crippen LogP contribution in [0.2, 0.25) is 0 Å². The molecule has 2 N–H and O–H groups in total. The molecule has 16 heavy (non-hydrogen) atoms. The smallest absolute Gasteiger partial charge is 0.304 e. The van der Waals surface area contributed by atoms with Crippen molar-refractivity contribution < 1.29 is 9.90 Å². The van der Waals surface area contributed by atoms with Crippen LogP contribution in [0.4, 0.5) is 0 Å². The van der Waals surface area contributed by atoms with Gasteiger partial charge in [-0.25, -0.2) is 0 Å². The third-order valence-corrected chi connectivity index (χ3v) is 3.04. The van der Waals surface area contributed by atoms with Crippen molar-refractivity contribution in [3.05, 3.63) is 0 Å². The van der Waals surface area contributed by atoms with Gasteiger partial charge in [-0.05, 0) is 21.0 Å². The molecule has 1 heterocycles. The van der Waals surface area contributed by atoms with Gasteiger partial charge in [-0.15, -0.1) is 0 Å². The molecular formula is C11H23N3O2. The second-order valence-corrected chi connectivity index (χ2v) is 4.85. The summed E-state index contributed by atoms with van der Waals surface area (Å²) in [6, 6.07) is 0.584. The molecule has 94 valence electrons. The van der Waals surface area contributed by atoms with E-state index in [-0.39, 0.29) is 12.5 Å². The Morgan fingerprint density at radius 2 is 2.25 bits per heavy atom. The Kier molecular flexibility index (Phi) is 5.18. The Labute approximate surface area is 97.4 Å². The maximum atomic E-state index is 10.7. The first-order chi connectivity index (χ1) is 7.49. The van der Waals surface area contributed by atoms with Crippen LogP contribution in [0, 0.1) is 0 Å². The van der Waals surface area contributed by atoms with E-state index < -0.39 is 5.97 Å². The minimum atomic E-state index is -0.723. The summed E-state index contributed by atoms with van der Waals surface area (Å²) in [6.45, 7) is 5.92. The van der Waals surface area contributed by atoms with Crippen molar-refractivity contribution in [2.75, 3.05) is 40.3 Å². The van der Waals surface area contributed by atoms with Gasteiger partial charge in [-0.1, -0.05) is 0 Å². The second-order valence-electron chi connectivity index (χ2n) is 4.85. The molecule has 0 amide bonds. The van der Waals surface area contributed by atoms with Crippen molar-refractivity contribution in [3.63, 3.8) is 0 Å². The second kappa shape index (κ2) is 6.18. The maximum absolute atomic E-state index is 10.7. The number of nitrogens with zero attached hydrogens (tertiary/aromatic N) is 2. The van der Waals surface area contributed by atoms with Gasteiger partial charge >= 0.3 is 5.97 Å². The lowest BCUT2D eigenvalue weighted by Crippen LogP contribution is -2.56. The van der Waals surface area contributed by atoms with Crippen molar-refractivity contribution >= 4 is 5.97 Å². The van der Waals surface area contributed by atoms with E-state index >= 15 is 0 Å². The van der Waals surface area contributed by atoms with Crippen LogP contribution in [0.25, 0.3) is 0 Å². The topological polar surface area (TPSA) is 55.8 Å². The van der Waals surface area contributed by atoms with Gasteiger partial charge in [0.25, 0.3) is 0 Å². The minimum absolute atomic E-state index is 0.0934. The van der Waals surface area contributed by atoms with Gasteiger partial charge < -0.3 is 15.3 Å². The number of rotatable bonds is 5. The molecule has 1 aliphatic rings. The lowest BCUT2D eigenvalue weighted by atomic mass is 10.1. The van der Waals surface area contributed by atoms with E-state index in [0.717, 1.165) is 26.2 Å². The lowest BCUT2D eigenvalue weighted by molar-refractivity contribution is -0.137. The zero-order valence-corrected chi connectivity index (χ0v) is 10.4. The summed E-state index contributed by atoms with van der Waals surface area (Å²) in [5.74, 6) is -0.723. The SMILES string of the molecule is CC1CNC(CC(=O)O)CN1CCN(C)C. The molecule has 1 rings (SSSR count). The standard InChI is InChI=1S/C11H23N3O2/c1-9-7-12-10(6-11(15)16)8-14(9)5-4-13(2)3/h9-10,12H,4-8H2,1-3H3,(H,15,16). The summed E-state index contributed by atoms with van der Waals surface area (Å²) in [4.78, 5) is 15.2. The highest BCUT2D eigenvalue weighted by Gasteiger charge is 2.25. The zero-order chi connectivity index (χ0) is 12.1. The van der Waals surface area contributed by atoms with Crippen LogP contribution in [0.3, 0.4) is 0 Å². The molecule has 2 unspecified atom stereocenters. The predicted octanol–water partition coefficient (Wildman–Crippen LogP) is -0.315. The summed E-state index contributed by atoms with van der Waals surface area (Å²) in [5, 5.41) is 12.1. The Hall–Kier alpha value is -0.650. The number of hydrogen-bond donors (Lipinski definition) is 2. The number of hydrogen-bond acceptors (Lipinski definition) is 4. The quantitative estimate of drug-likeness (QED) is 0.677. The van der Waals surface area contributed by atoms with Crippen LogP contribution in [0.15, 0.2) is 0 Å². The molecule has 0 aliphatic carbocycles.